The van der Waals surface area contributed by atoms with Crippen LogP contribution in [0, 0.1) is 5.92 Å². The molecule has 110 valence electrons. The van der Waals surface area contributed by atoms with Crippen molar-refractivity contribution in [2.75, 3.05) is 26.2 Å². The number of hydrogen-bond donors (Lipinski definition) is 1. The molecule has 1 fully saturated rings. The highest BCUT2D eigenvalue weighted by atomic mass is 15.1. The van der Waals surface area contributed by atoms with Crippen molar-refractivity contribution in [2.24, 2.45) is 5.92 Å². The minimum atomic E-state index is 0.483. The topological polar surface area (TPSA) is 15.3 Å². The Morgan fingerprint density at radius 3 is 2.95 bits per heavy atom. The molecule has 1 saturated heterocycles. The highest BCUT2D eigenvalue weighted by Crippen LogP contribution is 2.25. The summed E-state index contributed by atoms with van der Waals surface area (Å²) in [7, 11) is 0. The van der Waals surface area contributed by atoms with Crippen LogP contribution < -0.4 is 5.32 Å². The van der Waals surface area contributed by atoms with Crippen LogP contribution in [0.2, 0.25) is 0 Å². The zero-order valence-electron chi connectivity index (χ0n) is 13.0. The van der Waals surface area contributed by atoms with E-state index in [1.54, 1.807) is 11.1 Å². The van der Waals surface area contributed by atoms with Gasteiger partial charge in [0.25, 0.3) is 0 Å². The van der Waals surface area contributed by atoms with Crippen molar-refractivity contribution in [2.45, 2.75) is 45.6 Å². The first-order valence-corrected chi connectivity index (χ1v) is 8.33. The Bertz CT molecular complexity index is 455. The van der Waals surface area contributed by atoms with E-state index in [1.807, 2.05) is 0 Å². The third-order valence-corrected chi connectivity index (χ3v) is 5.15. The number of hydrogen-bond acceptors (Lipinski definition) is 2. The molecule has 1 aliphatic carbocycles. The SMILES string of the molecule is CCN1CCC(CNC(C)c2ccc3c(c2)CCC3)C1. The summed E-state index contributed by atoms with van der Waals surface area (Å²) in [4.78, 5) is 2.56. The standard InChI is InChI=1S/C18H28N2/c1-3-20-10-9-15(13-20)12-19-14(2)17-8-7-16-5-4-6-18(16)11-17/h7-8,11,14-15,19H,3-6,9-10,12-13H2,1-2H3. The van der Waals surface area contributed by atoms with Gasteiger partial charge in [0.15, 0.2) is 0 Å². The Morgan fingerprint density at radius 2 is 2.15 bits per heavy atom. The number of nitrogens with zero attached hydrogens (tertiary/aromatic N) is 1. The number of benzene rings is 1. The van der Waals surface area contributed by atoms with E-state index in [1.165, 1.54) is 50.9 Å². The number of aryl methyl sites for hydroxylation is 2. The van der Waals surface area contributed by atoms with E-state index in [-0.39, 0.29) is 0 Å². The Hall–Kier alpha value is -0.860. The highest BCUT2D eigenvalue weighted by Gasteiger charge is 2.21. The summed E-state index contributed by atoms with van der Waals surface area (Å²) >= 11 is 0. The number of nitrogens with one attached hydrogen (secondary N) is 1. The lowest BCUT2D eigenvalue weighted by molar-refractivity contribution is 0.336. The lowest BCUT2D eigenvalue weighted by Crippen LogP contribution is -2.28. The summed E-state index contributed by atoms with van der Waals surface area (Å²) < 4.78 is 0. The van der Waals surface area contributed by atoms with Gasteiger partial charge in [0.05, 0.1) is 0 Å². The van der Waals surface area contributed by atoms with Gasteiger partial charge in [-0.2, -0.15) is 0 Å². The van der Waals surface area contributed by atoms with E-state index in [9.17, 15) is 0 Å². The van der Waals surface area contributed by atoms with E-state index in [2.05, 4.69) is 42.3 Å². The molecule has 2 aliphatic rings. The minimum Gasteiger partial charge on any atom is -0.310 e. The van der Waals surface area contributed by atoms with Crippen molar-refractivity contribution in [1.82, 2.24) is 10.2 Å². The van der Waals surface area contributed by atoms with E-state index >= 15 is 0 Å². The summed E-state index contributed by atoms with van der Waals surface area (Å²) in [5.41, 5.74) is 4.64. The molecular weight excluding hydrogens is 244 g/mol. The van der Waals surface area contributed by atoms with Gasteiger partial charge in [-0.25, -0.2) is 0 Å². The molecule has 0 amide bonds. The first-order valence-electron chi connectivity index (χ1n) is 8.33. The monoisotopic (exact) mass is 272 g/mol. The third kappa shape index (κ3) is 3.07. The van der Waals surface area contributed by atoms with Crippen LogP contribution >= 0.6 is 0 Å². The Labute approximate surface area is 123 Å². The fourth-order valence-electron chi connectivity index (χ4n) is 3.69. The largest absolute Gasteiger partial charge is 0.310 e. The van der Waals surface area contributed by atoms with Crippen LogP contribution in [0.4, 0.5) is 0 Å². The van der Waals surface area contributed by atoms with Gasteiger partial charge in [-0.05, 0) is 74.8 Å². The number of likely N-dealkylation sites (tertiary alicyclic amines) is 1. The molecule has 1 aliphatic heterocycles. The smallest absolute Gasteiger partial charge is 0.0292 e. The molecule has 0 saturated carbocycles. The molecule has 1 aromatic carbocycles. The lowest BCUT2D eigenvalue weighted by Gasteiger charge is -2.19. The predicted molar refractivity (Wildman–Crippen MR) is 85.1 cm³/mol. The fourth-order valence-corrected chi connectivity index (χ4v) is 3.69. The highest BCUT2D eigenvalue weighted by molar-refractivity contribution is 5.36. The normalized spacial score (nSPS) is 24.0. The molecule has 2 atom stereocenters. The number of fused-ring (bicyclic) bond motifs is 1. The van der Waals surface area contributed by atoms with Crippen LogP contribution in [0.5, 0.6) is 0 Å². The van der Waals surface area contributed by atoms with Crippen molar-refractivity contribution in [3.05, 3.63) is 34.9 Å². The van der Waals surface area contributed by atoms with Gasteiger partial charge in [-0.15, -0.1) is 0 Å². The summed E-state index contributed by atoms with van der Waals surface area (Å²) in [5.74, 6) is 0.840. The van der Waals surface area contributed by atoms with E-state index in [0.29, 0.717) is 6.04 Å². The maximum Gasteiger partial charge on any atom is 0.0292 e. The molecule has 3 rings (SSSR count). The van der Waals surface area contributed by atoms with Gasteiger partial charge in [-0.3, -0.25) is 0 Å². The van der Waals surface area contributed by atoms with Crippen LogP contribution in [0.1, 0.15) is 49.4 Å². The molecule has 1 N–H and O–H groups in total. The molecule has 0 spiro atoms. The summed E-state index contributed by atoms with van der Waals surface area (Å²) in [5, 5.41) is 3.75. The average molecular weight is 272 g/mol. The molecule has 0 bridgehead atoms. The van der Waals surface area contributed by atoms with Gasteiger partial charge >= 0.3 is 0 Å². The van der Waals surface area contributed by atoms with Gasteiger partial charge < -0.3 is 10.2 Å². The Kier molecular flexibility index (Phi) is 4.42. The predicted octanol–water partition coefficient (Wildman–Crippen LogP) is 3.17. The zero-order chi connectivity index (χ0) is 13.9. The Balaban J connectivity index is 1.53. The summed E-state index contributed by atoms with van der Waals surface area (Å²) in [6, 6.07) is 7.60. The average Bonchev–Trinajstić information content (AvgIpc) is 3.12. The molecule has 2 heteroatoms. The zero-order valence-corrected chi connectivity index (χ0v) is 13.0. The van der Waals surface area contributed by atoms with Crippen molar-refractivity contribution < 1.29 is 0 Å². The van der Waals surface area contributed by atoms with E-state index in [0.717, 1.165) is 12.5 Å². The maximum atomic E-state index is 3.75. The van der Waals surface area contributed by atoms with Crippen molar-refractivity contribution in [3.8, 4) is 0 Å². The first-order chi connectivity index (χ1) is 9.76. The molecule has 1 heterocycles. The van der Waals surface area contributed by atoms with Gasteiger partial charge in [-0.1, -0.05) is 25.1 Å². The second-order valence-corrected chi connectivity index (χ2v) is 6.56. The third-order valence-electron chi connectivity index (χ3n) is 5.15. The molecular formula is C18H28N2. The quantitative estimate of drug-likeness (QED) is 0.885. The van der Waals surface area contributed by atoms with E-state index < -0.39 is 0 Å². The van der Waals surface area contributed by atoms with Gasteiger partial charge in [0.2, 0.25) is 0 Å². The van der Waals surface area contributed by atoms with Crippen LogP contribution in [0.3, 0.4) is 0 Å². The van der Waals surface area contributed by atoms with E-state index in [4.69, 9.17) is 0 Å². The van der Waals surface area contributed by atoms with Gasteiger partial charge in [0, 0.05) is 12.6 Å². The first kappa shape index (κ1) is 14.1. The van der Waals surface area contributed by atoms with Crippen LogP contribution in [-0.4, -0.2) is 31.1 Å². The van der Waals surface area contributed by atoms with Crippen LogP contribution in [0.25, 0.3) is 0 Å². The lowest BCUT2D eigenvalue weighted by atomic mass is 10.0. The molecule has 1 aromatic rings. The summed E-state index contributed by atoms with van der Waals surface area (Å²) in [6.07, 6.45) is 5.27. The molecule has 0 radical (unpaired) electrons. The summed E-state index contributed by atoms with van der Waals surface area (Å²) in [6.45, 7) is 9.51. The maximum absolute atomic E-state index is 3.75. The second kappa shape index (κ2) is 6.28. The molecule has 0 aromatic heterocycles. The van der Waals surface area contributed by atoms with Gasteiger partial charge in [0.1, 0.15) is 0 Å². The van der Waals surface area contributed by atoms with Crippen molar-refractivity contribution in [1.29, 1.82) is 0 Å². The molecule has 2 unspecified atom stereocenters. The minimum absolute atomic E-state index is 0.483. The van der Waals surface area contributed by atoms with Crippen LogP contribution in [0.15, 0.2) is 18.2 Å². The van der Waals surface area contributed by atoms with Crippen molar-refractivity contribution >= 4 is 0 Å². The van der Waals surface area contributed by atoms with Crippen molar-refractivity contribution in [3.63, 3.8) is 0 Å². The second-order valence-electron chi connectivity index (χ2n) is 6.56. The molecule has 2 nitrogen and oxygen atoms in total. The molecule has 20 heavy (non-hydrogen) atoms. The number of rotatable bonds is 5. The van der Waals surface area contributed by atoms with Crippen LogP contribution in [-0.2, 0) is 12.8 Å². The fraction of sp³-hybridized carbons (Fsp3) is 0.667. The Morgan fingerprint density at radius 1 is 1.30 bits per heavy atom.